The molecule has 1 aliphatic heterocycles. The van der Waals surface area contributed by atoms with Gasteiger partial charge in [-0.05, 0) is 6.42 Å². The zero-order valence-corrected chi connectivity index (χ0v) is 5.82. The molecule has 1 saturated heterocycles. The first-order valence-electron chi connectivity index (χ1n) is 2.84. The lowest BCUT2D eigenvalue weighted by Crippen LogP contribution is -2.32. The second-order valence-corrected chi connectivity index (χ2v) is 4.03. The molecule has 1 aliphatic rings. The summed E-state index contributed by atoms with van der Waals surface area (Å²) in [6, 6.07) is -0.0185. The Morgan fingerprint density at radius 1 is 1.67 bits per heavy atom. The van der Waals surface area contributed by atoms with Crippen LogP contribution in [0.15, 0.2) is 0 Å². The van der Waals surface area contributed by atoms with Gasteiger partial charge in [-0.25, -0.2) is 13.1 Å². The third-order valence-electron chi connectivity index (χ3n) is 1.37. The molecule has 1 rings (SSSR count). The minimum Gasteiger partial charge on any atom is -0.329 e. The van der Waals surface area contributed by atoms with Crippen molar-refractivity contribution in [1.82, 2.24) is 4.72 Å². The van der Waals surface area contributed by atoms with E-state index in [9.17, 15) is 8.42 Å². The number of hydrogen-bond acceptors (Lipinski definition) is 3. The minimum absolute atomic E-state index is 0.0185. The van der Waals surface area contributed by atoms with Gasteiger partial charge in [-0.1, -0.05) is 0 Å². The van der Waals surface area contributed by atoms with Crippen LogP contribution in [-0.2, 0) is 10.0 Å². The maximum atomic E-state index is 10.6. The highest BCUT2D eigenvalue weighted by molar-refractivity contribution is 7.89. The van der Waals surface area contributed by atoms with Crippen molar-refractivity contribution < 1.29 is 8.42 Å². The van der Waals surface area contributed by atoms with Gasteiger partial charge in [0.2, 0.25) is 10.0 Å². The quantitative estimate of drug-likeness (QED) is 0.485. The molecule has 0 saturated carbocycles. The normalized spacial score (nSPS) is 32.8. The third kappa shape index (κ3) is 1.64. The molecule has 0 bridgehead atoms. The van der Waals surface area contributed by atoms with Gasteiger partial charge in [0.05, 0.1) is 5.75 Å². The third-order valence-corrected chi connectivity index (χ3v) is 2.83. The van der Waals surface area contributed by atoms with Crippen LogP contribution in [0, 0.1) is 0 Å². The van der Waals surface area contributed by atoms with Crippen molar-refractivity contribution in [1.29, 1.82) is 0 Å². The van der Waals surface area contributed by atoms with Gasteiger partial charge >= 0.3 is 0 Å². The molecule has 4 nitrogen and oxygen atoms in total. The topological polar surface area (TPSA) is 72.2 Å². The summed E-state index contributed by atoms with van der Waals surface area (Å²) in [5.41, 5.74) is 5.23. The molecule has 0 amide bonds. The molecule has 0 spiro atoms. The standard InChI is InChI=1S/C4H10N2O2S/c5-3-4-1-2-9(7,8)6-4/h4,6H,1-3,5H2. The summed E-state index contributed by atoms with van der Waals surface area (Å²) in [6.07, 6.45) is 0.652. The average Bonchev–Trinajstić information content (AvgIpc) is 2.10. The molecule has 3 N–H and O–H groups in total. The van der Waals surface area contributed by atoms with Crippen LogP contribution < -0.4 is 10.5 Å². The van der Waals surface area contributed by atoms with Crippen molar-refractivity contribution in [2.45, 2.75) is 12.5 Å². The van der Waals surface area contributed by atoms with E-state index < -0.39 is 10.0 Å². The van der Waals surface area contributed by atoms with Gasteiger partial charge in [-0.2, -0.15) is 0 Å². The van der Waals surface area contributed by atoms with Crippen LogP contribution in [0.4, 0.5) is 0 Å². The van der Waals surface area contributed by atoms with Crippen LogP contribution in [-0.4, -0.2) is 26.8 Å². The van der Waals surface area contributed by atoms with E-state index in [0.717, 1.165) is 0 Å². The molecule has 0 aromatic heterocycles. The average molecular weight is 150 g/mol. The van der Waals surface area contributed by atoms with Crippen LogP contribution in [0.3, 0.4) is 0 Å². The highest BCUT2D eigenvalue weighted by Crippen LogP contribution is 2.04. The largest absolute Gasteiger partial charge is 0.329 e. The van der Waals surface area contributed by atoms with E-state index >= 15 is 0 Å². The zero-order valence-electron chi connectivity index (χ0n) is 5.00. The van der Waals surface area contributed by atoms with Crippen molar-refractivity contribution in [2.75, 3.05) is 12.3 Å². The first-order valence-corrected chi connectivity index (χ1v) is 4.49. The van der Waals surface area contributed by atoms with E-state index in [0.29, 0.717) is 13.0 Å². The van der Waals surface area contributed by atoms with Crippen molar-refractivity contribution >= 4 is 10.0 Å². The summed E-state index contributed by atoms with van der Waals surface area (Å²) in [4.78, 5) is 0. The molecule has 5 heteroatoms. The number of nitrogens with two attached hydrogens (primary N) is 1. The number of rotatable bonds is 1. The molecule has 0 aliphatic carbocycles. The fraction of sp³-hybridized carbons (Fsp3) is 1.00. The summed E-state index contributed by atoms with van der Waals surface area (Å²) < 4.78 is 23.7. The van der Waals surface area contributed by atoms with Crippen molar-refractivity contribution in [3.63, 3.8) is 0 Å². The Kier molecular flexibility index (Phi) is 1.74. The molecule has 54 valence electrons. The van der Waals surface area contributed by atoms with Gasteiger partial charge in [0.1, 0.15) is 0 Å². The SMILES string of the molecule is NCC1CCS(=O)(=O)N1. The lowest BCUT2D eigenvalue weighted by Gasteiger charge is -2.01. The lowest BCUT2D eigenvalue weighted by atomic mass is 10.2. The fourth-order valence-corrected chi connectivity index (χ4v) is 2.27. The summed E-state index contributed by atoms with van der Waals surface area (Å²) in [5, 5.41) is 0. The van der Waals surface area contributed by atoms with E-state index in [2.05, 4.69) is 4.72 Å². The lowest BCUT2D eigenvalue weighted by molar-refractivity contribution is 0.582. The van der Waals surface area contributed by atoms with Crippen LogP contribution in [0.2, 0.25) is 0 Å². The molecule has 9 heavy (non-hydrogen) atoms. The maximum absolute atomic E-state index is 10.6. The Balaban J connectivity index is 2.58. The Labute approximate surface area is 54.5 Å². The molecular weight excluding hydrogens is 140 g/mol. The molecule has 1 fully saturated rings. The Bertz CT molecular complexity index is 187. The van der Waals surface area contributed by atoms with E-state index in [1.165, 1.54) is 0 Å². The molecule has 0 aromatic rings. The molecule has 0 aromatic carbocycles. The Hall–Kier alpha value is -0.130. The second kappa shape index (κ2) is 2.24. The van der Waals surface area contributed by atoms with Gasteiger partial charge in [0.15, 0.2) is 0 Å². The van der Waals surface area contributed by atoms with Gasteiger partial charge in [0, 0.05) is 12.6 Å². The Morgan fingerprint density at radius 2 is 2.33 bits per heavy atom. The minimum atomic E-state index is -2.94. The first kappa shape index (κ1) is 6.98. The van der Waals surface area contributed by atoms with E-state index in [1.54, 1.807) is 0 Å². The molecule has 1 heterocycles. The van der Waals surface area contributed by atoms with Crippen LogP contribution in [0.1, 0.15) is 6.42 Å². The number of sulfonamides is 1. The predicted molar refractivity (Wildman–Crippen MR) is 34.4 cm³/mol. The molecule has 1 atom stereocenters. The van der Waals surface area contributed by atoms with Crippen molar-refractivity contribution in [3.8, 4) is 0 Å². The smallest absolute Gasteiger partial charge is 0.211 e. The second-order valence-electron chi connectivity index (χ2n) is 2.16. The van der Waals surface area contributed by atoms with Crippen molar-refractivity contribution in [3.05, 3.63) is 0 Å². The summed E-state index contributed by atoms with van der Waals surface area (Å²) in [6.45, 7) is 0.402. The summed E-state index contributed by atoms with van der Waals surface area (Å²) in [5.74, 6) is 0.231. The summed E-state index contributed by atoms with van der Waals surface area (Å²) in [7, 11) is -2.94. The van der Waals surface area contributed by atoms with Crippen LogP contribution in [0.5, 0.6) is 0 Å². The van der Waals surface area contributed by atoms with Crippen molar-refractivity contribution in [2.24, 2.45) is 5.73 Å². The predicted octanol–water partition coefficient (Wildman–Crippen LogP) is -1.36. The maximum Gasteiger partial charge on any atom is 0.211 e. The number of hydrogen-bond donors (Lipinski definition) is 2. The summed E-state index contributed by atoms with van der Waals surface area (Å²) >= 11 is 0. The van der Waals surface area contributed by atoms with E-state index in [-0.39, 0.29) is 11.8 Å². The molecular formula is C4H10N2O2S. The molecule has 1 unspecified atom stereocenters. The number of nitrogens with one attached hydrogen (secondary N) is 1. The highest BCUT2D eigenvalue weighted by atomic mass is 32.2. The first-order chi connectivity index (χ1) is 4.14. The van der Waals surface area contributed by atoms with Gasteiger partial charge < -0.3 is 5.73 Å². The van der Waals surface area contributed by atoms with Crippen LogP contribution >= 0.6 is 0 Å². The molecule has 0 radical (unpaired) electrons. The zero-order chi connectivity index (χ0) is 6.91. The fourth-order valence-electron chi connectivity index (χ4n) is 0.835. The monoisotopic (exact) mass is 150 g/mol. The van der Waals surface area contributed by atoms with Gasteiger partial charge in [-0.3, -0.25) is 0 Å². The van der Waals surface area contributed by atoms with Crippen LogP contribution in [0.25, 0.3) is 0 Å². The van der Waals surface area contributed by atoms with E-state index in [4.69, 9.17) is 5.73 Å². The van der Waals surface area contributed by atoms with Gasteiger partial charge in [0.25, 0.3) is 0 Å². The van der Waals surface area contributed by atoms with E-state index in [1.807, 2.05) is 0 Å². The van der Waals surface area contributed by atoms with Gasteiger partial charge in [-0.15, -0.1) is 0 Å². The Morgan fingerprint density at radius 3 is 2.56 bits per heavy atom. The highest BCUT2D eigenvalue weighted by Gasteiger charge is 2.24.